The number of hydrogen-bond donors (Lipinski definition) is 2. The Labute approximate surface area is 118 Å². The molecular weight excluding hydrogens is 250 g/mol. The van der Waals surface area contributed by atoms with Crippen molar-refractivity contribution in [1.29, 1.82) is 0 Å². The van der Waals surface area contributed by atoms with Crippen molar-refractivity contribution in [2.45, 2.75) is 25.4 Å². The molecule has 4 nitrogen and oxygen atoms in total. The van der Waals surface area contributed by atoms with E-state index in [0.29, 0.717) is 6.04 Å². The van der Waals surface area contributed by atoms with E-state index < -0.39 is 0 Å². The van der Waals surface area contributed by atoms with Crippen molar-refractivity contribution in [3.05, 3.63) is 46.2 Å². The summed E-state index contributed by atoms with van der Waals surface area (Å²) in [6.07, 6.45) is 2.41. The number of nitrogens with zero attached hydrogens (tertiary/aromatic N) is 1. The number of para-hydroxylation sites is 1. The summed E-state index contributed by atoms with van der Waals surface area (Å²) < 4.78 is 0. The molecule has 1 saturated heterocycles. The lowest BCUT2D eigenvalue weighted by molar-refractivity contribution is 0.187. The maximum absolute atomic E-state index is 12.2. The Bertz CT molecular complexity index is 649. The smallest absolute Gasteiger partial charge is 0.252 e. The van der Waals surface area contributed by atoms with Gasteiger partial charge in [-0.25, -0.2) is 0 Å². The number of nitrogens with one attached hydrogen (secondary N) is 2. The molecule has 2 heterocycles. The average Bonchev–Trinajstić information content (AvgIpc) is 2.48. The molecule has 0 aliphatic carbocycles. The van der Waals surface area contributed by atoms with Crippen molar-refractivity contribution < 1.29 is 0 Å². The summed E-state index contributed by atoms with van der Waals surface area (Å²) in [5, 5.41) is 4.44. The van der Waals surface area contributed by atoms with E-state index in [-0.39, 0.29) is 5.56 Å². The number of H-pyrrole nitrogens is 1. The van der Waals surface area contributed by atoms with E-state index >= 15 is 0 Å². The lowest BCUT2D eigenvalue weighted by Gasteiger charge is -2.32. The molecule has 4 heteroatoms. The summed E-state index contributed by atoms with van der Waals surface area (Å²) in [6.45, 7) is 2.82. The van der Waals surface area contributed by atoms with Crippen LogP contribution in [0.25, 0.3) is 10.9 Å². The summed E-state index contributed by atoms with van der Waals surface area (Å²) >= 11 is 0. The lowest BCUT2D eigenvalue weighted by atomic mass is 10.0. The Hall–Kier alpha value is -1.65. The molecule has 1 aromatic heterocycles. The Morgan fingerprint density at radius 2 is 2.25 bits per heavy atom. The second kappa shape index (κ2) is 5.77. The highest BCUT2D eigenvalue weighted by molar-refractivity contribution is 5.78. The third-order valence-corrected chi connectivity index (χ3v) is 4.14. The molecule has 0 saturated carbocycles. The van der Waals surface area contributed by atoms with Crippen molar-refractivity contribution in [1.82, 2.24) is 15.2 Å². The first-order chi connectivity index (χ1) is 9.76. The maximum atomic E-state index is 12.2. The number of aromatic amines is 1. The van der Waals surface area contributed by atoms with E-state index in [9.17, 15) is 4.79 Å². The maximum Gasteiger partial charge on any atom is 0.252 e. The van der Waals surface area contributed by atoms with Crippen LogP contribution in [0.1, 0.15) is 18.4 Å². The van der Waals surface area contributed by atoms with Gasteiger partial charge in [0.2, 0.25) is 0 Å². The molecule has 3 rings (SSSR count). The van der Waals surface area contributed by atoms with E-state index in [4.69, 9.17) is 0 Å². The minimum Gasteiger partial charge on any atom is -0.322 e. The van der Waals surface area contributed by atoms with Crippen LogP contribution in [-0.2, 0) is 6.54 Å². The van der Waals surface area contributed by atoms with Crippen LogP contribution in [0.4, 0.5) is 0 Å². The van der Waals surface area contributed by atoms with Crippen LogP contribution < -0.4 is 10.9 Å². The van der Waals surface area contributed by atoms with Gasteiger partial charge >= 0.3 is 0 Å². The number of likely N-dealkylation sites (tertiary alicyclic amines) is 1. The Morgan fingerprint density at radius 1 is 1.40 bits per heavy atom. The zero-order valence-electron chi connectivity index (χ0n) is 11.9. The van der Waals surface area contributed by atoms with Gasteiger partial charge in [-0.1, -0.05) is 18.2 Å². The van der Waals surface area contributed by atoms with Crippen molar-refractivity contribution in [3.63, 3.8) is 0 Å². The van der Waals surface area contributed by atoms with Gasteiger partial charge in [0.1, 0.15) is 0 Å². The quantitative estimate of drug-likeness (QED) is 0.893. The highest BCUT2D eigenvalue weighted by Crippen LogP contribution is 2.15. The lowest BCUT2D eigenvalue weighted by Crippen LogP contribution is -2.44. The number of piperidine rings is 1. The average molecular weight is 271 g/mol. The van der Waals surface area contributed by atoms with Crippen LogP contribution in [0.2, 0.25) is 0 Å². The number of benzene rings is 1. The summed E-state index contributed by atoms with van der Waals surface area (Å²) in [6, 6.07) is 10.5. The van der Waals surface area contributed by atoms with E-state index in [1.54, 1.807) is 0 Å². The van der Waals surface area contributed by atoms with Gasteiger partial charge in [0.25, 0.3) is 5.56 Å². The highest BCUT2D eigenvalue weighted by Gasteiger charge is 2.19. The van der Waals surface area contributed by atoms with Crippen LogP contribution in [0.3, 0.4) is 0 Å². The van der Waals surface area contributed by atoms with Crippen LogP contribution in [0, 0.1) is 0 Å². The van der Waals surface area contributed by atoms with Crippen molar-refractivity contribution >= 4 is 10.9 Å². The van der Waals surface area contributed by atoms with Crippen molar-refractivity contribution in [3.8, 4) is 0 Å². The molecule has 1 unspecified atom stereocenters. The third-order valence-electron chi connectivity index (χ3n) is 4.14. The number of fused-ring (bicyclic) bond motifs is 1. The second-order valence-corrected chi connectivity index (χ2v) is 5.57. The molecule has 106 valence electrons. The fraction of sp³-hybridized carbons (Fsp3) is 0.438. The first kappa shape index (κ1) is 13.3. The molecule has 1 aliphatic rings. The minimum atomic E-state index is 0.0373. The van der Waals surface area contributed by atoms with Crippen LogP contribution in [0.5, 0.6) is 0 Å². The molecule has 2 N–H and O–H groups in total. The molecule has 1 aromatic carbocycles. The van der Waals surface area contributed by atoms with Gasteiger partial charge in [-0.05, 0) is 44.0 Å². The van der Waals surface area contributed by atoms with E-state index in [0.717, 1.165) is 36.1 Å². The molecule has 1 aliphatic heterocycles. The largest absolute Gasteiger partial charge is 0.322 e. The summed E-state index contributed by atoms with van der Waals surface area (Å²) in [5.74, 6) is 0. The van der Waals surface area contributed by atoms with E-state index in [2.05, 4.69) is 15.2 Å². The van der Waals surface area contributed by atoms with E-state index in [1.165, 1.54) is 12.8 Å². The fourth-order valence-corrected chi connectivity index (χ4v) is 2.99. The van der Waals surface area contributed by atoms with Crippen molar-refractivity contribution in [2.24, 2.45) is 0 Å². The van der Waals surface area contributed by atoms with Crippen LogP contribution in [-0.4, -0.2) is 36.1 Å². The second-order valence-electron chi connectivity index (χ2n) is 5.57. The van der Waals surface area contributed by atoms with Gasteiger partial charge in [0.15, 0.2) is 0 Å². The highest BCUT2D eigenvalue weighted by atomic mass is 16.1. The molecular formula is C16H21N3O. The van der Waals surface area contributed by atoms with Gasteiger partial charge in [0.05, 0.1) is 0 Å². The van der Waals surface area contributed by atoms with Crippen LogP contribution in [0.15, 0.2) is 35.1 Å². The predicted molar refractivity (Wildman–Crippen MR) is 81.9 cm³/mol. The predicted octanol–water partition coefficient (Wildman–Crippen LogP) is 1.71. The zero-order chi connectivity index (χ0) is 13.9. The zero-order valence-corrected chi connectivity index (χ0v) is 11.9. The normalized spacial score (nSPS) is 20.4. The molecule has 0 spiro atoms. The van der Waals surface area contributed by atoms with Crippen molar-refractivity contribution in [2.75, 3.05) is 20.1 Å². The van der Waals surface area contributed by atoms with Crippen LogP contribution >= 0.6 is 0 Å². The standard InChI is InChI=1S/C16H21N3O/c1-17-14-6-4-8-19(11-14)10-13-9-12-5-2-3-7-15(12)18-16(13)20/h2-3,5,7,9,14,17H,4,6,8,10-11H2,1H3,(H,18,20). The molecule has 0 radical (unpaired) electrons. The molecule has 0 bridgehead atoms. The molecule has 1 atom stereocenters. The van der Waals surface area contributed by atoms with Gasteiger partial charge < -0.3 is 10.3 Å². The molecule has 0 amide bonds. The first-order valence-electron chi connectivity index (χ1n) is 7.27. The topological polar surface area (TPSA) is 48.1 Å². The molecule has 20 heavy (non-hydrogen) atoms. The minimum absolute atomic E-state index is 0.0373. The number of hydrogen-bond acceptors (Lipinski definition) is 3. The summed E-state index contributed by atoms with van der Waals surface area (Å²) in [7, 11) is 2.01. The molecule has 2 aromatic rings. The SMILES string of the molecule is CNC1CCCN(Cc2cc3ccccc3[nH]c2=O)C1. The van der Waals surface area contributed by atoms with E-state index in [1.807, 2.05) is 37.4 Å². The van der Waals surface area contributed by atoms with Gasteiger partial charge in [0, 0.05) is 30.2 Å². The summed E-state index contributed by atoms with van der Waals surface area (Å²) in [4.78, 5) is 17.5. The molecule has 1 fully saturated rings. The van der Waals surface area contributed by atoms with Gasteiger partial charge in [-0.2, -0.15) is 0 Å². The number of aromatic nitrogens is 1. The fourth-order valence-electron chi connectivity index (χ4n) is 2.99. The first-order valence-corrected chi connectivity index (χ1v) is 7.27. The number of likely N-dealkylation sites (N-methyl/N-ethyl adjacent to an activating group) is 1. The summed E-state index contributed by atoms with van der Waals surface area (Å²) in [5.41, 5.74) is 1.81. The Kier molecular flexibility index (Phi) is 3.85. The Morgan fingerprint density at radius 3 is 3.10 bits per heavy atom. The number of rotatable bonds is 3. The number of pyridine rings is 1. The van der Waals surface area contributed by atoms with Gasteiger partial charge in [-0.3, -0.25) is 9.69 Å². The third kappa shape index (κ3) is 2.76. The monoisotopic (exact) mass is 271 g/mol. The van der Waals surface area contributed by atoms with Gasteiger partial charge in [-0.15, -0.1) is 0 Å². The Balaban J connectivity index is 1.83.